The van der Waals surface area contributed by atoms with Crippen LogP contribution in [0.15, 0.2) is 0 Å². The fourth-order valence-electron chi connectivity index (χ4n) is 4.80. The van der Waals surface area contributed by atoms with E-state index in [9.17, 15) is 5.11 Å². The van der Waals surface area contributed by atoms with Crippen molar-refractivity contribution in [1.29, 1.82) is 0 Å². The fraction of sp³-hybridized carbons (Fsp3) is 1.00. The fourth-order valence-corrected chi connectivity index (χ4v) is 6.24. The van der Waals surface area contributed by atoms with Crippen molar-refractivity contribution in [2.75, 3.05) is 0 Å². The predicted octanol–water partition coefficient (Wildman–Crippen LogP) is 2.31. The van der Waals surface area contributed by atoms with Gasteiger partial charge in [0, 0.05) is 22.2 Å². The molecule has 17 heavy (non-hydrogen) atoms. The van der Waals surface area contributed by atoms with Crippen molar-refractivity contribution in [2.45, 2.75) is 54.7 Å². The van der Waals surface area contributed by atoms with E-state index in [4.69, 9.17) is 9.47 Å². The third kappa shape index (κ3) is 1.28. The van der Waals surface area contributed by atoms with Gasteiger partial charge in [-0.3, -0.25) is 0 Å². The molecule has 2 aliphatic carbocycles. The highest BCUT2D eigenvalue weighted by molar-refractivity contribution is 14.1. The zero-order valence-electron chi connectivity index (χ0n) is 10.0. The molecule has 4 rings (SSSR count). The first-order chi connectivity index (χ1) is 8.15. The third-order valence-electron chi connectivity index (χ3n) is 5.39. The minimum atomic E-state index is -0.889. The van der Waals surface area contributed by atoms with Gasteiger partial charge in [0.25, 0.3) is 0 Å². The summed E-state index contributed by atoms with van der Waals surface area (Å²) in [5, 5.41) is 10.8. The normalized spacial score (nSPS) is 62.6. The summed E-state index contributed by atoms with van der Waals surface area (Å²) >= 11 is 2.53. The second kappa shape index (κ2) is 3.58. The van der Waals surface area contributed by atoms with Gasteiger partial charge in [0.1, 0.15) is 0 Å². The van der Waals surface area contributed by atoms with Crippen LogP contribution in [0, 0.1) is 23.7 Å². The van der Waals surface area contributed by atoms with E-state index in [0.29, 0.717) is 33.7 Å². The van der Waals surface area contributed by atoms with Gasteiger partial charge in [0.05, 0.1) is 6.10 Å². The van der Waals surface area contributed by atoms with E-state index in [0.717, 1.165) is 19.3 Å². The molecule has 3 nitrogen and oxygen atoms in total. The number of halogens is 1. The average Bonchev–Trinajstić information content (AvgIpc) is 2.94. The summed E-state index contributed by atoms with van der Waals surface area (Å²) in [7, 11) is 0. The Morgan fingerprint density at radius 3 is 3.00 bits per heavy atom. The highest BCUT2D eigenvalue weighted by atomic mass is 127. The topological polar surface area (TPSA) is 38.7 Å². The van der Waals surface area contributed by atoms with Gasteiger partial charge < -0.3 is 14.6 Å². The Kier molecular flexibility index (Phi) is 2.41. The Morgan fingerprint density at radius 1 is 1.41 bits per heavy atom. The SMILES string of the molecule is CCCCC1(O)O[C@@H]2O[C@@H]3[C@@H](I)[C@H]4C[C@@H]3[C@@H]2C41. The number of hydrogen-bond acceptors (Lipinski definition) is 3. The smallest absolute Gasteiger partial charge is 0.172 e. The molecule has 0 amide bonds. The Hall–Kier alpha value is 0.610. The number of rotatable bonds is 3. The van der Waals surface area contributed by atoms with Crippen LogP contribution in [0.3, 0.4) is 0 Å². The summed E-state index contributed by atoms with van der Waals surface area (Å²) in [6.45, 7) is 2.16. The Balaban J connectivity index is 1.67. The second-order valence-corrected chi connectivity index (χ2v) is 7.58. The number of fused-ring (bicyclic) bond motifs is 2. The second-order valence-electron chi connectivity index (χ2n) is 6.15. The minimum absolute atomic E-state index is 0.110. The van der Waals surface area contributed by atoms with Gasteiger partial charge in [0.15, 0.2) is 12.1 Å². The molecule has 4 aliphatic rings. The number of ether oxygens (including phenoxy) is 2. The summed E-state index contributed by atoms with van der Waals surface area (Å²) in [5.41, 5.74) is 0. The van der Waals surface area contributed by atoms with Crippen LogP contribution >= 0.6 is 22.6 Å². The van der Waals surface area contributed by atoms with Crippen molar-refractivity contribution in [3.63, 3.8) is 0 Å². The van der Waals surface area contributed by atoms with Crippen molar-refractivity contribution in [3.8, 4) is 0 Å². The van der Waals surface area contributed by atoms with Gasteiger partial charge in [-0.15, -0.1) is 0 Å². The molecule has 96 valence electrons. The van der Waals surface area contributed by atoms with Crippen LogP contribution in [0.2, 0.25) is 0 Å². The van der Waals surface area contributed by atoms with Crippen LogP contribution in [0.4, 0.5) is 0 Å². The highest BCUT2D eigenvalue weighted by Gasteiger charge is 2.74. The van der Waals surface area contributed by atoms with Gasteiger partial charge in [-0.1, -0.05) is 35.9 Å². The van der Waals surface area contributed by atoms with Crippen molar-refractivity contribution in [1.82, 2.24) is 0 Å². The van der Waals surface area contributed by atoms with Crippen LogP contribution in [-0.2, 0) is 9.47 Å². The van der Waals surface area contributed by atoms with Crippen molar-refractivity contribution >= 4 is 22.6 Å². The minimum Gasteiger partial charge on any atom is -0.365 e. The monoisotopic (exact) mass is 350 g/mol. The molecule has 0 radical (unpaired) electrons. The van der Waals surface area contributed by atoms with Crippen molar-refractivity contribution in [2.24, 2.45) is 23.7 Å². The molecule has 2 bridgehead atoms. The first-order valence-electron chi connectivity index (χ1n) is 6.85. The van der Waals surface area contributed by atoms with E-state index in [1.54, 1.807) is 0 Å². The summed E-state index contributed by atoms with van der Waals surface area (Å²) < 4.78 is 12.5. The summed E-state index contributed by atoms with van der Waals surface area (Å²) in [6, 6.07) is 0. The molecule has 4 fully saturated rings. The maximum absolute atomic E-state index is 10.8. The molecule has 8 atom stereocenters. The molecule has 0 aromatic carbocycles. The van der Waals surface area contributed by atoms with Crippen LogP contribution < -0.4 is 0 Å². The predicted molar refractivity (Wildman–Crippen MR) is 70.6 cm³/mol. The van der Waals surface area contributed by atoms with Gasteiger partial charge in [-0.2, -0.15) is 0 Å². The Bertz CT molecular complexity index is 350. The molecule has 2 saturated heterocycles. The zero-order valence-corrected chi connectivity index (χ0v) is 12.2. The molecule has 2 aliphatic heterocycles. The highest BCUT2D eigenvalue weighted by Crippen LogP contribution is 2.68. The quantitative estimate of drug-likeness (QED) is 0.627. The van der Waals surface area contributed by atoms with E-state index < -0.39 is 5.79 Å². The van der Waals surface area contributed by atoms with E-state index in [1.807, 2.05) is 0 Å². The van der Waals surface area contributed by atoms with E-state index in [1.165, 1.54) is 6.42 Å². The lowest BCUT2D eigenvalue weighted by Gasteiger charge is -2.37. The van der Waals surface area contributed by atoms with E-state index in [-0.39, 0.29) is 6.29 Å². The Morgan fingerprint density at radius 2 is 2.24 bits per heavy atom. The van der Waals surface area contributed by atoms with Crippen LogP contribution in [0.25, 0.3) is 0 Å². The van der Waals surface area contributed by atoms with Crippen LogP contribution in [0.5, 0.6) is 0 Å². The van der Waals surface area contributed by atoms with Crippen molar-refractivity contribution < 1.29 is 14.6 Å². The van der Waals surface area contributed by atoms with Gasteiger partial charge in [-0.25, -0.2) is 0 Å². The first-order valence-corrected chi connectivity index (χ1v) is 8.10. The molecular formula is C13H19IO3. The van der Waals surface area contributed by atoms with Gasteiger partial charge in [-0.05, 0) is 24.7 Å². The molecule has 2 heterocycles. The molecule has 0 aromatic heterocycles. The molecule has 0 spiro atoms. The maximum atomic E-state index is 10.8. The summed E-state index contributed by atoms with van der Waals surface area (Å²) in [4.78, 5) is 0. The lowest BCUT2D eigenvalue weighted by Crippen LogP contribution is -2.46. The number of aliphatic hydroxyl groups is 1. The van der Waals surface area contributed by atoms with Crippen LogP contribution in [0.1, 0.15) is 32.6 Å². The number of hydrogen-bond donors (Lipinski definition) is 1. The molecule has 4 heteroatoms. The average molecular weight is 350 g/mol. The molecular weight excluding hydrogens is 331 g/mol. The lowest BCUT2D eigenvalue weighted by molar-refractivity contribution is -0.276. The first kappa shape index (κ1) is 11.4. The Labute approximate surface area is 115 Å². The molecule has 2 unspecified atom stereocenters. The summed E-state index contributed by atoms with van der Waals surface area (Å²) in [5.74, 6) is 1.21. The third-order valence-corrected chi connectivity index (χ3v) is 7.03. The number of unbranched alkanes of at least 4 members (excludes halogenated alkanes) is 1. The summed E-state index contributed by atoms with van der Waals surface area (Å²) in [6.07, 6.45) is 4.48. The molecule has 0 aromatic rings. The van der Waals surface area contributed by atoms with E-state index >= 15 is 0 Å². The van der Waals surface area contributed by atoms with Gasteiger partial charge in [0.2, 0.25) is 0 Å². The maximum Gasteiger partial charge on any atom is 0.172 e. The molecule has 2 saturated carbocycles. The van der Waals surface area contributed by atoms with Crippen LogP contribution in [-0.4, -0.2) is 27.2 Å². The zero-order chi connectivity index (χ0) is 11.8. The van der Waals surface area contributed by atoms with Crippen molar-refractivity contribution in [3.05, 3.63) is 0 Å². The van der Waals surface area contributed by atoms with Gasteiger partial charge >= 0.3 is 0 Å². The lowest BCUT2D eigenvalue weighted by atomic mass is 9.75. The van der Waals surface area contributed by atoms with E-state index in [2.05, 4.69) is 29.5 Å². The number of alkyl halides is 1. The standard InChI is InChI=1S/C13H19IO3/c1-2-3-4-13(15)9-7-5-6-8(9)12(17-13)16-11(6)10(7)14/h6-12,15H,2-5H2,1H3/t6-,7+,8-,9?,10+,11+,12+,13?/m1/s1. The largest absolute Gasteiger partial charge is 0.365 e. The molecule has 1 N–H and O–H groups in total.